The molecule has 1 aromatic carbocycles. The molecule has 0 aliphatic rings. The Morgan fingerprint density at radius 2 is 1.96 bits per heavy atom. The van der Waals surface area contributed by atoms with Gasteiger partial charge in [-0.05, 0) is 31.5 Å². The van der Waals surface area contributed by atoms with E-state index in [0.717, 1.165) is 11.3 Å². The number of amides is 1. The number of hydrogen-bond donors (Lipinski definition) is 2. The van der Waals surface area contributed by atoms with Crippen molar-refractivity contribution in [3.63, 3.8) is 0 Å². The van der Waals surface area contributed by atoms with E-state index in [9.17, 15) is 20.1 Å². The maximum absolute atomic E-state index is 12.3. The van der Waals surface area contributed by atoms with Crippen molar-refractivity contribution >= 4 is 39.6 Å². The Kier molecular flexibility index (Phi) is 6.64. The van der Waals surface area contributed by atoms with Gasteiger partial charge in [-0.2, -0.15) is 15.6 Å². The van der Waals surface area contributed by atoms with Crippen LogP contribution in [-0.4, -0.2) is 24.2 Å². The van der Waals surface area contributed by atoms with E-state index in [-0.39, 0.29) is 22.0 Å². The Morgan fingerprint density at radius 3 is 2.56 bits per heavy atom. The number of ether oxygens (including phenoxy) is 1. The zero-order valence-electron chi connectivity index (χ0n) is 14.6. The molecule has 27 heavy (non-hydrogen) atoms. The van der Waals surface area contributed by atoms with Crippen LogP contribution in [0.1, 0.15) is 27.7 Å². The molecule has 0 saturated carbocycles. The second-order valence-corrected chi connectivity index (χ2v) is 6.12. The summed E-state index contributed by atoms with van der Waals surface area (Å²) in [4.78, 5) is 24.5. The molecule has 0 aliphatic heterocycles. The second kappa shape index (κ2) is 9.13. The molecule has 0 atom stereocenters. The molecule has 0 spiro atoms. The van der Waals surface area contributed by atoms with Crippen molar-refractivity contribution in [2.75, 3.05) is 17.3 Å². The SMILES string of the molecule is CCOC(=O)c1sc(NC(=O)/C(C#N)=N/Nc2ccccc2)c(C#N)c1C. The number of hydrogen-bond acceptors (Lipinski definition) is 8. The van der Waals surface area contributed by atoms with Crippen molar-refractivity contribution in [1.82, 2.24) is 0 Å². The lowest BCUT2D eigenvalue weighted by Crippen LogP contribution is -2.22. The number of esters is 1. The molecule has 0 unspecified atom stereocenters. The third kappa shape index (κ3) is 4.69. The topological polar surface area (TPSA) is 127 Å². The van der Waals surface area contributed by atoms with Gasteiger partial charge in [-0.25, -0.2) is 4.79 Å². The van der Waals surface area contributed by atoms with Crippen molar-refractivity contribution in [3.05, 3.63) is 46.3 Å². The number of benzene rings is 1. The van der Waals surface area contributed by atoms with Crippen molar-refractivity contribution in [1.29, 1.82) is 10.5 Å². The summed E-state index contributed by atoms with van der Waals surface area (Å²) in [6.07, 6.45) is 0. The molecular formula is C18H15N5O3S. The van der Waals surface area contributed by atoms with E-state index >= 15 is 0 Å². The van der Waals surface area contributed by atoms with Gasteiger partial charge >= 0.3 is 5.97 Å². The minimum Gasteiger partial charge on any atom is -0.462 e. The third-order valence-electron chi connectivity index (χ3n) is 3.34. The summed E-state index contributed by atoms with van der Waals surface area (Å²) in [6, 6.07) is 12.5. The zero-order valence-corrected chi connectivity index (χ0v) is 15.4. The number of nitrogens with one attached hydrogen (secondary N) is 2. The van der Waals surface area contributed by atoms with Gasteiger partial charge in [0.2, 0.25) is 5.71 Å². The van der Waals surface area contributed by atoms with Crippen molar-refractivity contribution in [2.24, 2.45) is 5.10 Å². The van der Waals surface area contributed by atoms with Gasteiger partial charge in [0.15, 0.2) is 0 Å². The largest absolute Gasteiger partial charge is 0.462 e. The normalized spacial score (nSPS) is 10.4. The van der Waals surface area contributed by atoms with Crippen LogP contribution in [-0.2, 0) is 9.53 Å². The average molecular weight is 381 g/mol. The monoisotopic (exact) mass is 381 g/mol. The number of nitrogens with zero attached hydrogens (tertiary/aromatic N) is 3. The first-order valence-electron chi connectivity index (χ1n) is 7.82. The number of thiophene rings is 1. The molecule has 2 N–H and O–H groups in total. The summed E-state index contributed by atoms with van der Waals surface area (Å²) in [5, 5.41) is 24.9. The molecule has 1 amide bonds. The van der Waals surface area contributed by atoms with Crippen LogP contribution in [0.5, 0.6) is 0 Å². The lowest BCUT2D eigenvalue weighted by Gasteiger charge is -2.03. The summed E-state index contributed by atoms with van der Waals surface area (Å²) in [7, 11) is 0. The first-order chi connectivity index (χ1) is 13.0. The molecule has 8 nitrogen and oxygen atoms in total. The van der Waals surface area contributed by atoms with E-state index in [2.05, 4.69) is 15.8 Å². The summed E-state index contributed by atoms with van der Waals surface area (Å²) >= 11 is 0.916. The molecule has 1 heterocycles. The predicted molar refractivity (Wildman–Crippen MR) is 101 cm³/mol. The van der Waals surface area contributed by atoms with Crippen molar-refractivity contribution in [3.8, 4) is 12.1 Å². The van der Waals surface area contributed by atoms with Crippen LogP contribution >= 0.6 is 11.3 Å². The number of rotatable bonds is 6. The van der Waals surface area contributed by atoms with Crippen LogP contribution in [0.15, 0.2) is 35.4 Å². The molecule has 9 heteroatoms. The number of anilines is 2. The molecule has 0 fully saturated rings. The number of carbonyl (C=O) groups is 2. The highest BCUT2D eigenvalue weighted by Gasteiger charge is 2.23. The molecule has 2 rings (SSSR count). The Bertz CT molecular complexity index is 967. The molecule has 0 radical (unpaired) electrons. The summed E-state index contributed by atoms with van der Waals surface area (Å²) in [6.45, 7) is 3.45. The van der Waals surface area contributed by atoms with Crippen LogP contribution in [0.2, 0.25) is 0 Å². The van der Waals surface area contributed by atoms with E-state index in [1.165, 1.54) is 0 Å². The van der Waals surface area contributed by atoms with Crippen molar-refractivity contribution < 1.29 is 14.3 Å². The van der Waals surface area contributed by atoms with Gasteiger partial charge in [0.1, 0.15) is 22.0 Å². The molecular weight excluding hydrogens is 366 g/mol. The lowest BCUT2D eigenvalue weighted by atomic mass is 10.2. The van der Waals surface area contributed by atoms with Crippen LogP contribution in [0.25, 0.3) is 0 Å². The Hall–Kier alpha value is -3.69. The Labute approximate surface area is 159 Å². The quantitative estimate of drug-likeness (QED) is 0.450. The van der Waals surface area contributed by atoms with Gasteiger partial charge in [-0.15, -0.1) is 11.3 Å². The fourth-order valence-corrected chi connectivity index (χ4v) is 3.10. The molecule has 2 aromatic rings. The lowest BCUT2D eigenvalue weighted by molar-refractivity contribution is -0.110. The maximum Gasteiger partial charge on any atom is 0.348 e. The third-order valence-corrected chi connectivity index (χ3v) is 4.53. The van der Waals surface area contributed by atoms with Crippen LogP contribution in [0.3, 0.4) is 0 Å². The zero-order chi connectivity index (χ0) is 19.8. The predicted octanol–water partition coefficient (Wildman–Crippen LogP) is 3.04. The fourth-order valence-electron chi connectivity index (χ4n) is 2.05. The van der Waals surface area contributed by atoms with E-state index in [1.54, 1.807) is 44.2 Å². The van der Waals surface area contributed by atoms with Gasteiger partial charge in [0.25, 0.3) is 5.91 Å². The number of nitriles is 2. The van der Waals surface area contributed by atoms with E-state index < -0.39 is 17.6 Å². The first-order valence-corrected chi connectivity index (χ1v) is 8.64. The van der Waals surface area contributed by atoms with E-state index in [1.807, 2.05) is 12.1 Å². The second-order valence-electron chi connectivity index (χ2n) is 5.10. The summed E-state index contributed by atoms with van der Waals surface area (Å²) < 4.78 is 4.95. The van der Waals surface area contributed by atoms with Gasteiger partial charge in [-0.1, -0.05) is 18.2 Å². The minimum absolute atomic E-state index is 0.143. The average Bonchev–Trinajstić information content (AvgIpc) is 2.98. The summed E-state index contributed by atoms with van der Waals surface area (Å²) in [5.74, 6) is -1.37. The molecule has 0 saturated heterocycles. The number of carbonyl (C=O) groups excluding carboxylic acids is 2. The summed E-state index contributed by atoms with van der Waals surface area (Å²) in [5.41, 5.74) is 3.35. The fraction of sp³-hybridized carbons (Fsp3) is 0.167. The van der Waals surface area contributed by atoms with Crippen LogP contribution in [0.4, 0.5) is 10.7 Å². The van der Waals surface area contributed by atoms with E-state index in [4.69, 9.17) is 4.74 Å². The highest BCUT2D eigenvalue weighted by Crippen LogP contribution is 2.33. The van der Waals surface area contributed by atoms with Crippen LogP contribution < -0.4 is 10.7 Å². The number of para-hydroxylation sites is 1. The van der Waals surface area contributed by atoms with Gasteiger partial charge < -0.3 is 10.1 Å². The molecule has 136 valence electrons. The van der Waals surface area contributed by atoms with Gasteiger partial charge in [0, 0.05) is 0 Å². The Balaban J connectivity index is 2.23. The van der Waals surface area contributed by atoms with Crippen LogP contribution in [0, 0.1) is 29.6 Å². The van der Waals surface area contributed by atoms with Gasteiger partial charge in [-0.3, -0.25) is 10.2 Å². The molecule has 1 aromatic heterocycles. The Morgan fingerprint density at radius 1 is 1.26 bits per heavy atom. The van der Waals surface area contributed by atoms with Gasteiger partial charge in [0.05, 0.1) is 17.9 Å². The highest BCUT2D eigenvalue weighted by atomic mass is 32.1. The molecule has 0 aliphatic carbocycles. The number of hydrazone groups is 1. The maximum atomic E-state index is 12.3. The minimum atomic E-state index is -0.797. The van der Waals surface area contributed by atoms with Crippen molar-refractivity contribution in [2.45, 2.75) is 13.8 Å². The smallest absolute Gasteiger partial charge is 0.348 e. The molecule has 0 bridgehead atoms. The standard InChI is InChI=1S/C18H15N5O3S/c1-3-26-18(25)15-11(2)13(9-19)17(27-15)21-16(24)14(10-20)23-22-12-7-5-4-6-8-12/h4-8,22H,3H2,1-2H3,(H,21,24)/b23-14+. The van der Waals surface area contributed by atoms with E-state index in [0.29, 0.717) is 11.3 Å². The highest BCUT2D eigenvalue weighted by molar-refractivity contribution is 7.18. The first kappa shape index (κ1) is 19.6.